The van der Waals surface area contributed by atoms with Gasteiger partial charge in [0.25, 0.3) is 5.91 Å². The van der Waals surface area contributed by atoms with Crippen molar-refractivity contribution < 1.29 is 4.79 Å². The van der Waals surface area contributed by atoms with E-state index in [1.54, 1.807) is 0 Å². The molecule has 0 saturated carbocycles. The van der Waals surface area contributed by atoms with Crippen LogP contribution in [0.15, 0.2) is 18.2 Å². The highest BCUT2D eigenvalue weighted by Gasteiger charge is 2.30. The zero-order valence-corrected chi connectivity index (χ0v) is 12.3. The Morgan fingerprint density at radius 1 is 1.53 bits per heavy atom. The molecule has 0 aromatic heterocycles. The summed E-state index contributed by atoms with van der Waals surface area (Å²) in [5.41, 5.74) is 7.45. The van der Waals surface area contributed by atoms with Crippen LogP contribution in [0.3, 0.4) is 0 Å². The molecule has 0 radical (unpaired) electrons. The van der Waals surface area contributed by atoms with E-state index in [4.69, 9.17) is 17.3 Å². The molecule has 2 atom stereocenters. The molecule has 1 aliphatic heterocycles. The van der Waals surface area contributed by atoms with Gasteiger partial charge in [-0.05, 0) is 43.4 Å². The first kappa shape index (κ1) is 14.4. The van der Waals surface area contributed by atoms with Crippen LogP contribution in [0.4, 0.5) is 0 Å². The molecule has 0 aliphatic carbocycles. The van der Waals surface area contributed by atoms with Gasteiger partial charge in [-0.3, -0.25) is 4.79 Å². The molecule has 2 rings (SSSR count). The summed E-state index contributed by atoms with van der Waals surface area (Å²) in [6.45, 7) is 5.46. The highest BCUT2D eigenvalue weighted by Crippen LogP contribution is 2.26. The average molecular weight is 281 g/mol. The van der Waals surface area contributed by atoms with E-state index in [1.165, 1.54) is 0 Å². The smallest absolute Gasteiger partial charge is 0.255 e. The van der Waals surface area contributed by atoms with Crippen LogP contribution in [0.25, 0.3) is 0 Å². The van der Waals surface area contributed by atoms with Crippen LogP contribution in [-0.4, -0.2) is 29.9 Å². The van der Waals surface area contributed by atoms with E-state index in [9.17, 15) is 4.79 Å². The highest BCUT2D eigenvalue weighted by atomic mass is 35.5. The number of aryl methyl sites for hydroxylation is 1. The van der Waals surface area contributed by atoms with Gasteiger partial charge in [0.2, 0.25) is 0 Å². The van der Waals surface area contributed by atoms with Gasteiger partial charge in [-0.2, -0.15) is 0 Å². The molecular formula is C15H21ClN2O. The van der Waals surface area contributed by atoms with E-state index in [1.807, 2.05) is 30.0 Å². The standard InChI is InChI=1S/C15H21ClN2O/c1-10-3-4-13(14(16)8-10)15(19)18-6-5-11(2)7-12(18)9-17/h3-4,8,11-12H,5-7,9,17H2,1-2H3. The fourth-order valence-corrected chi connectivity index (χ4v) is 3.01. The lowest BCUT2D eigenvalue weighted by Crippen LogP contribution is -2.49. The molecule has 104 valence electrons. The summed E-state index contributed by atoms with van der Waals surface area (Å²) in [5, 5.41) is 0.527. The molecule has 1 fully saturated rings. The molecule has 2 N–H and O–H groups in total. The summed E-state index contributed by atoms with van der Waals surface area (Å²) >= 11 is 6.18. The SMILES string of the molecule is Cc1ccc(C(=O)N2CCC(C)CC2CN)c(Cl)c1. The molecule has 1 aliphatic rings. The maximum Gasteiger partial charge on any atom is 0.255 e. The number of benzene rings is 1. The first-order chi connectivity index (χ1) is 9.02. The number of halogens is 1. The van der Waals surface area contributed by atoms with E-state index < -0.39 is 0 Å². The zero-order valence-electron chi connectivity index (χ0n) is 11.5. The summed E-state index contributed by atoms with van der Waals surface area (Å²) in [5.74, 6) is 0.637. The summed E-state index contributed by atoms with van der Waals surface area (Å²) in [6.07, 6.45) is 2.01. The van der Waals surface area contributed by atoms with Crippen molar-refractivity contribution in [3.05, 3.63) is 34.3 Å². The Labute approximate surface area is 119 Å². The number of rotatable bonds is 2. The van der Waals surface area contributed by atoms with Crippen LogP contribution in [0, 0.1) is 12.8 Å². The predicted octanol–water partition coefficient (Wildman–Crippen LogP) is 2.85. The molecule has 1 aromatic carbocycles. The van der Waals surface area contributed by atoms with E-state index in [-0.39, 0.29) is 11.9 Å². The van der Waals surface area contributed by atoms with Crippen LogP contribution in [-0.2, 0) is 0 Å². The number of nitrogens with two attached hydrogens (primary N) is 1. The van der Waals surface area contributed by atoms with Crippen LogP contribution < -0.4 is 5.73 Å². The second kappa shape index (κ2) is 5.93. The van der Waals surface area contributed by atoms with Crippen molar-refractivity contribution >= 4 is 17.5 Å². The number of amides is 1. The molecule has 3 nitrogen and oxygen atoms in total. The van der Waals surface area contributed by atoms with Gasteiger partial charge < -0.3 is 10.6 Å². The van der Waals surface area contributed by atoms with Crippen molar-refractivity contribution in [3.8, 4) is 0 Å². The minimum Gasteiger partial charge on any atom is -0.334 e. The van der Waals surface area contributed by atoms with E-state index >= 15 is 0 Å². The van der Waals surface area contributed by atoms with Crippen molar-refractivity contribution in [2.75, 3.05) is 13.1 Å². The fourth-order valence-electron chi connectivity index (χ4n) is 2.69. The monoisotopic (exact) mass is 280 g/mol. The molecule has 4 heteroatoms. The van der Waals surface area contributed by atoms with Crippen molar-refractivity contribution in [3.63, 3.8) is 0 Å². The van der Waals surface area contributed by atoms with E-state index in [0.717, 1.165) is 24.9 Å². The molecule has 2 unspecified atom stereocenters. The van der Waals surface area contributed by atoms with E-state index in [0.29, 0.717) is 23.0 Å². The van der Waals surface area contributed by atoms with E-state index in [2.05, 4.69) is 6.92 Å². The number of carbonyl (C=O) groups excluding carboxylic acids is 1. The van der Waals surface area contributed by atoms with Gasteiger partial charge in [-0.25, -0.2) is 0 Å². The third-order valence-electron chi connectivity index (χ3n) is 3.87. The third-order valence-corrected chi connectivity index (χ3v) is 4.18. The average Bonchev–Trinajstić information content (AvgIpc) is 2.37. The minimum atomic E-state index is 0.00681. The second-order valence-electron chi connectivity index (χ2n) is 5.50. The van der Waals surface area contributed by atoms with Gasteiger partial charge in [0.15, 0.2) is 0 Å². The lowest BCUT2D eigenvalue weighted by Gasteiger charge is -2.38. The number of nitrogens with zero attached hydrogens (tertiary/aromatic N) is 1. The Morgan fingerprint density at radius 3 is 2.89 bits per heavy atom. The van der Waals surface area contributed by atoms with Crippen molar-refractivity contribution in [2.24, 2.45) is 11.7 Å². The fraction of sp³-hybridized carbons (Fsp3) is 0.533. The van der Waals surface area contributed by atoms with Gasteiger partial charge in [0.05, 0.1) is 10.6 Å². The minimum absolute atomic E-state index is 0.00681. The molecule has 19 heavy (non-hydrogen) atoms. The van der Waals surface area contributed by atoms with Crippen LogP contribution in [0.2, 0.25) is 5.02 Å². The Bertz CT molecular complexity index is 475. The van der Waals surface area contributed by atoms with Crippen LogP contribution in [0.1, 0.15) is 35.7 Å². The van der Waals surface area contributed by atoms with Gasteiger partial charge in [0.1, 0.15) is 0 Å². The van der Waals surface area contributed by atoms with Gasteiger partial charge in [-0.1, -0.05) is 24.6 Å². The molecule has 1 saturated heterocycles. The Hall–Kier alpha value is -1.06. The first-order valence-corrected chi connectivity index (χ1v) is 7.18. The number of hydrogen-bond donors (Lipinski definition) is 1. The summed E-state index contributed by atoms with van der Waals surface area (Å²) in [6, 6.07) is 5.70. The van der Waals surface area contributed by atoms with Gasteiger partial charge in [-0.15, -0.1) is 0 Å². The van der Waals surface area contributed by atoms with Crippen molar-refractivity contribution in [1.29, 1.82) is 0 Å². The van der Waals surface area contributed by atoms with Crippen molar-refractivity contribution in [2.45, 2.75) is 32.7 Å². The molecule has 1 amide bonds. The molecule has 1 heterocycles. The van der Waals surface area contributed by atoms with Crippen LogP contribution >= 0.6 is 11.6 Å². The lowest BCUT2D eigenvalue weighted by molar-refractivity contribution is 0.0574. The number of piperidine rings is 1. The van der Waals surface area contributed by atoms with Crippen molar-refractivity contribution in [1.82, 2.24) is 4.90 Å². The first-order valence-electron chi connectivity index (χ1n) is 6.80. The predicted molar refractivity (Wildman–Crippen MR) is 78.5 cm³/mol. The van der Waals surface area contributed by atoms with Crippen LogP contribution in [0.5, 0.6) is 0 Å². The largest absolute Gasteiger partial charge is 0.334 e. The summed E-state index contributed by atoms with van der Waals surface area (Å²) < 4.78 is 0. The summed E-state index contributed by atoms with van der Waals surface area (Å²) in [7, 11) is 0. The maximum atomic E-state index is 12.6. The number of hydrogen-bond acceptors (Lipinski definition) is 2. The normalized spacial score (nSPS) is 23.5. The van der Waals surface area contributed by atoms with Gasteiger partial charge in [0, 0.05) is 19.1 Å². The zero-order chi connectivity index (χ0) is 14.0. The number of likely N-dealkylation sites (tertiary alicyclic amines) is 1. The Kier molecular flexibility index (Phi) is 4.48. The Morgan fingerprint density at radius 2 is 2.26 bits per heavy atom. The van der Waals surface area contributed by atoms with Gasteiger partial charge >= 0.3 is 0 Å². The maximum absolute atomic E-state index is 12.6. The lowest BCUT2D eigenvalue weighted by atomic mass is 9.92. The highest BCUT2D eigenvalue weighted by molar-refractivity contribution is 6.33. The third kappa shape index (κ3) is 3.10. The second-order valence-corrected chi connectivity index (χ2v) is 5.91. The topological polar surface area (TPSA) is 46.3 Å². The quantitative estimate of drug-likeness (QED) is 0.905. The molecular weight excluding hydrogens is 260 g/mol. The molecule has 0 spiro atoms. The Balaban J connectivity index is 2.22. The molecule has 0 bridgehead atoms. The number of carbonyl (C=O) groups is 1. The summed E-state index contributed by atoms with van der Waals surface area (Å²) in [4.78, 5) is 14.5. The molecule has 1 aromatic rings.